The van der Waals surface area contributed by atoms with Crippen molar-refractivity contribution in [3.05, 3.63) is 81.8 Å². The van der Waals surface area contributed by atoms with Gasteiger partial charge in [-0.2, -0.15) is 0 Å². The molecule has 2 aromatic carbocycles. The van der Waals surface area contributed by atoms with Crippen LogP contribution < -0.4 is 31.9 Å². The van der Waals surface area contributed by atoms with Crippen molar-refractivity contribution in [2.75, 3.05) is 45.0 Å². The first kappa shape index (κ1) is 103. The van der Waals surface area contributed by atoms with Crippen LogP contribution >= 0.6 is 32.9 Å². The second-order valence-corrected chi connectivity index (χ2v) is 33.5. The molecule has 0 saturated carbocycles. The number of phenols is 1. The number of thiazole rings is 1. The molecular weight excluding hydrogens is 1640 g/mol. The molecule has 0 spiro atoms. The van der Waals surface area contributed by atoms with Crippen LogP contribution in [-0.4, -0.2) is 240 Å². The number of amides is 7. The van der Waals surface area contributed by atoms with E-state index in [1.165, 1.54) is 29.3 Å². The molecule has 40 heteroatoms. The van der Waals surface area contributed by atoms with E-state index in [2.05, 4.69) is 36.3 Å². The number of esters is 2. The number of ketones is 4. The number of rotatable bonds is 59. The highest BCUT2D eigenvalue weighted by molar-refractivity contribution is 8.76. The van der Waals surface area contributed by atoms with E-state index in [4.69, 9.17) is 19.3 Å². The van der Waals surface area contributed by atoms with Crippen LogP contribution in [0, 0.1) is 35.5 Å². The lowest BCUT2D eigenvalue weighted by molar-refractivity contribution is -0.162. The van der Waals surface area contributed by atoms with Gasteiger partial charge in [0, 0.05) is 99.1 Å². The molecular formula is C81H113N9O28S3. The van der Waals surface area contributed by atoms with Crippen LogP contribution in [0.2, 0.25) is 0 Å². The summed E-state index contributed by atoms with van der Waals surface area (Å²) in [4.78, 5) is 241. The average molecular weight is 1760 g/mol. The smallest absolute Gasteiger partial charge is 0.407 e. The molecule has 1 aliphatic rings. The number of nitrogens with zero attached hydrogens (tertiary/aromatic N) is 3. The first-order valence-corrected chi connectivity index (χ1v) is 43.2. The van der Waals surface area contributed by atoms with Gasteiger partial charge in [0.1, 0.15) is 40.9 Å². The van der Waals surface area contributed by atoms with Gasteiger partial charge in [0.05, 0.1) is 43.3 Å². The van der Waals surface area contributed by atoms with Gasteiger partial charge >= 0.3 is 53.9 Å². The molecule has 13 atom stereocenters. The number of aliphatic carboxylic acids is 5. The van der Waals surface area contributed by atoms with E-state index < -0.39 is 226 Å². The highest BCUT2D eigenvalue weighted by atomic mass is 33.1. The van der Waals surface area contributed by atoms with Gasteiger partial charge in [0.2, 0.25) is 17.7 Å². The van der Waals surface area contributed by atoms with Gasteiger partial charge in [-0.25, -0.2) is 24.2 Å². The number of carboxylic acid groups (broad SMARTS) is 5. The maximum absolute atomic E-state index is 15.1. The van der Waals surface area contributed by atoms with E-state index in [1.54, 1.807) is 49.4 Å². The summed E-state index contributed by atoms with van der Waals surface area (Å²) in [5, 5.41) is 74.3. The summed E-state index contributed by atoms with van der Waals surface area (Å²) in [5.41, 5.74) is 1.10. The predicted octanol–water partition coefficient (Wildman–Crippen LogP) is 6.83. The number of phenolic OH excluding ortho intramolecular Hbond substituents is 1. The Morgan fingerprint density at radius 1 is 0.686 bits per heavy atom. The molecule has 668 valence electrons. The van der Waals surface area contributed by atoms with Crippen LogP contribution in [0.3, 0.4) is 0 Å². The topological polar surface area (TPSA) is 557 Å². The molecule has 121 heavy (non-hydrogen) atoms. The number of aromatic hydroxyl groups is 1. The molecule has 7 amide bonds. The van der Waals surface area contributed by atoms with Crippen molar-refractivity contribution in [2.24, 2.45) is 35.5 Å². The zero-order valence-electron chi connectivity index (χ0n) is 69.0. The number of likely N-dealkylation sites (N-methyl/N-ethyl adjacent to an activating group) is 1. The minimum absolute atomic E-state index is 0.0179. The van der Waals surface area contributed by atoms with Crippen molar-refractivity contribution in [1.82, 2.24) is 46.7 Å². The molecule has 0 radical (unpaired) electrons. The molecule has 1 unspecified atom stereocenters. The minimum Gasteiger partial charge on any atom is -0.508 e. The van der Waals surface area contributed by atoms with Crippen LogP contribution in [0.25, 0.3) is 0 Å². The van der Waals surface area contributed by atoms with Gasteiger partial charge in [-0.3, -0.25) is 72.0 Å². The summed E-state index contributed by atoms with van der Waals surface area (Å²) in [6, 6.07) is 6.22. The standard InChI is InChI=1S/C81H113N9O28S3/c1-9-16-72(103)116-44-90(76(106)57(47(5)10-2)39-65(96)62-19-14-15-30-89(62)8)63(46(3)4)40-67(118-49(7)92)75-86-61(43-119-75)74(105)83-54(34-51-20-22-55(93)23-21-51)33-48(6)66(97)41-82-81(114)115-31-32-120-121-42-53(77(107)108)37-64(95)60(35-50-17-12-11-13-18-50)85-73(104)52(38-71(101)102)36-56(94)24-25-58(78(109)110)84-68(98)27-26-59(79(111)112)87-80(113)88-69(117-45-91)28-29-70(99)100/h11-13,17-18,20-23,43,45-48,52-54,57-60,62-63,67,69,93H,9-10,14-16,19,24-42,44H2,1-8H3,(H,82,114)(H,83,105)(H,84,98)(H,85,104)(H,99,100)(H,101,102)(H,107,108)(H,109,110)(H,111,112)(H2,87,88,113)/t47?,48-,52-,53-,54+,57-,58-,59-,60-,62+,63+,67+,69+/m0/s1. The number of hydrogen-bond donors (Lipinski definition) is 12. The number of aromatic nitrogens is 1. The van der Waals surface area contributed by atoms with Crippen LogP contribution in [0.1, 0.15) is 197 Å². The third-order valence-corrected chi connectivity index (χ3v) is 23.6. The Kier molecular flexibility index (Phi) is 45.8. The number of likely N-dealkylation sites (tertiary alicyclic amines) is 1. The largest absolute Gasteiger partial charge is 0.508 e. The van der Waals surface area contributed by atoms with Gasteiger partial charge in [-0.1, -0.05) is 118 Å². The van der Waals surface area contributed by atoms with E-state index in [0.29, 0.717) is 30.4 Å². The van der Waals surface area contributed by atoms with Crippen molar-refractivity contribution in [3.8, 4) is 5.75 Å². The van der Waals surface area contributed by atoms with Crippen LogP contribution in [-0.2, 0) is 104 Å². The zero-order valence-corrected chi connectivity index (χ0v) is 71.5. The molecule has 1 aliphatic heterocycles. The Hall–Kier alpha value is -10.6. The van der Waals surface area contributed by atoms with Gasteiger partial charge in [0.25, 0.3) is 12.4 Å². The van der Waals surface area contributed by atoms with Gasteiger partial charge < -0.3 is 86.4 Å². The fraction of sp³-hybridized carbons (Fsp3) is 0.593. The van der Waals surface area contributed by atoms with Crippen molar-refractivity contribution in [2.45, 2.75) is 225 Å². The zero-order chi connectivity index (χ0) is 90.0. The van der Waals surface area contributed by atoms with E-state index in [1.807, 2.05) is 51.9 Å². The number of nitrogens with one attached hydrogen (secondary N) is 6. The quantitative estimate of drug-likeness (QED) is 0.00687. The number of Topliss-reactive ketones (excluding diaryl/α,β-unsaturated/α-hetero) is 4. The highest BCUT2D eigenvalue weighted by Gasteiger charge is 2.41. The summed E-state index contributed by atoms with van der Waals surface area (Å²) < 4.78 is 21.5. The molecule has 0 bridgehead atoms. The molecule has 1 fully saturated rings. The summed E-state index contributed by atoms with van der Waals surface area (Å²) in [6.45, 7) is 11.7. The van der Waals surface area contributed by atoms with Gasteiger partial charge in [0.15, 0.2) is 36.4 Å². The fourth-order valence-corrected chi connectivity index (χ4v) is 16.2. The van der Waals surface area contributed by atoms with E-state index in [9.17, 15) is 107 Å². The van der Waals surface area contributed by atoms with Crippen LogP contribution in [0.4, 0.5) is 9.59 Å². The number of piperidine rings is 1. The van der Waals surface area contributed by atoms with Crippen LogP contribution in [0.5, 0.6) is 5.75 Å². The van der Waals surface area contributed by atoms with Crippen LogP contribution in [0.15, 0.2) is 60.0 Å². The molecule has 12 N–H and O–H groups in total. The number of ether oxygens (including phenoxy) is 4. The number of hydrogen-bond acceptors (Lipinski definition) is 28. The third-order valence-electron chi connectivity index (χ3n) is 20.2. The van der Waals surface area contributed by atoms with Crippen molar-refractivity contribution >= 4 is 140 Å². The summed E-state index contributed by atoms with van der Waals surface area (Å²) >= 11 is 1.03. The molecule has 37 nitrogen and oxygen atoms in total. The van der Waals surface area contributed by atoms with Gasteiger partial charge in [-0.05, 0) is 100 Å². The Morgan fingerprint density at radius 2 is 1.36 bits per heavy atom. The normalized spacial score (nSPS) is 15.6. The van der Waals surface area contributed by atoms with E-state index in [0.717, 1.165) is 52.3 Å². The Bertz CT molecular complexity index is 4000. The average Bonchev–Trinajstić information content (AvgIpc) is 1.80. The Morgan fingerprint density at radius 3 is 1.97 bits per heavy atom. The molecule has 4 rings (SSSR count). The highest BCUT2D eigenvalue weighted by Crippen LogP contribution is 2.35. The second kappa shape index (κ2) is 53.9. The number of carbonyl (C=O) groups is 18. The number of carbonyl (C=O) groups excluding carboxylic acids is 13. The lowest BCUT2D eigenvalue weighted by atomic mass is 9.82. The van der Waals surface area contributed by atoms with Crippen molar-refractivity contribution in [1.29, 1.82) is 0 Å². The van der Waals surface area contributed by atoms with E-state index >= 15 is 4.79 Å². The number of alkyl carbamates (subject to hydrolysis) is 1. The maximum Gasteiger partial charge on any atom is 0.407 e. The SMILES string of the molecule is CCCC(=O)OCN(C(=O)[C@@H](CC(=O)[C@H]1CCCCN1C)C(C)CC)[C@H](C[C@@H](OC(C)=O)c1nc(C(=O)N[C@@H](Cc2ccc(O)cc2)C[C@H](C)C(=O)CNC(=O)OCCSSC[C@H](CC(=O)[C@H](Cc2ccccc2)NC(=O)[C@H](CC(=O)O)CC(=O)CC[C@H](NC(=O)CC[C@H](NC(=O)N[C@@H](CCC(=O)O)OC=O)C(=O)O)C(=O)O)C(=O)O)cs1)C(C)C. The Balaban J connectivity index is 1.36. The number of urea groups is 1. The molecule has 2 heterocycles. The molecule has 1 aromatic heterocycles. The first-order chi connectivity index (χ1) is 57.3. The summed E-state index contributed by atoms with van der Waals surface area (Å²) in [5.74, 6) is -19.4. The minimum atomic E-state index is -1.78. The number of carboxylic acids is 5. The monoisotopic (exact) mass is 1760 g/mol. The van der Waals surface area contributed by atoms with Gasteiger partial charge in [-0.15, -0.1) is 11.3 Å². The second-order valence-electron chi connectivity index (χ2n) is 30.0. The lowest BCUT2D eigenvalue weighted by Crippen LogP contribution is -2.50. The molecule has 0 aliphatic carbocycles. The lowest BCUT2D eigenvalue weighted by Gasteiger charge is -2.39. The third kappa shape index (κ3) is 38.3. The molecule has 3 aromatic rings. The summed E-state index contributed by atoms with van der Waals surface area (Å²) in [6.07, 6.45) is -5.90. The predicted molar refractivity (Wildman–Crippen MR) is 439 cm³/mol. The van der Waals surface area contributed by atoms with Crippen molar-refractivity contribution < 1.29 is 136 Å². The Labute approximate surface area is 712 Å². The van der Waals surface area contributed by atoms with E-state index in [-0.39, 0.29) is 110 Å². The first-order valence-electron chi connectivity index (χ1n) is 39.9. The number of benzene rings is 2. The summed E-state index contributed by atoms with van der Waals surface area (Å²) in [7, 11) is 4.00. The van der Waals surface area contributed by atoms with Crippen molar-refractivity contribution in [3.63, 3.8) is 0 Å². The maximum atomic E-state index is 15.1. The molecule has 1 saturated heterocycles. The fourth-order valence-electron chi connectivity index (χ4n) is 13.2.